The average Bonchev–Trinajstić information content (AvgIpc) is 2.82. The van der Waals surface area contributed by atoms with Crippen molar-refractivity contribution in [2.24, 2.45) is 4.99 Å². The minimum Gasteiger partial charge on any atom is -0.344 e. The molecule has 6 heteroatoms. The van der Waals surface area contributed by atoms with Crippen LogP contribution in [0.15, 0.2) is 72.4 Å². The number of aliphatic imine (C=N–C) groups is 1. The summed E-state index contributed by atoms with van der Waals surface area (Å²) in [7, 11) is 0. The van der Waals surface area contributed by atoms with Crippen LogP contribution in [-0.2, 0) is 0 Å². The van der Waals surface area contributed by atoms with Gasteiger partial charge in [-0.3, -0.25) is 0 Å². The van der Waals surface area contributed by atoms with Crippen LogP contribution in [0.3, 0.4) is 0 Å². The highest BCUT2D eigenvalue weighted by molar-refractivity contribution is 6.31. The van der Waals surface area contributed by atoms with E-state index in [4.69, 9.17) is 16.6 Å². The minimum atomic E-state index is -0.403. The lowest BCUT2D eigenvalue weighted by molar-refractivity contribution is 0.618. The zero-order chi connectivity index (χ0) is 23.8. The highest BCUT2D eigenvalue weighted by atomic mass is 35.5. The molecule has 1 unspecified atom stereocenters. The van der Waals surface area contributed by atoms with Crippen LogP contribution in [0.25, 0.3) is 5.70 Å². The number of nitrogens with zero attached hydrogens (tertiary/aromatic N) is 2. The lowest BCUT2D eigenvalue weighted by atomic mass is 10.0. The van der Waals surface area contributed by atoms with Crippen LogP contribution in [0.1, 0.15) is 61.5 Å². The number of rotatable bonds is 5. The van der Waals surface area contributed by atoms with Crippen LogP contribution in [0.4, 0.5) is 10.2 Å². The molecule has 2 N–H and O–H groups in total. The molecule has 0 saturated heterocycles. The fraction of sp³-hybridized carbons (Fsp3) is 0.259. The first-order valence-electron chi connectivity index (χ1n) is 11.2. The molecule has 0 amide bonds. The number of nitrogens with one attached hydrogen (secondary N) is 2. The van der Waals surface area contributed by atoms with Gasteiger partial charge in [0.2, 0.25) is 0 Å². The number of fused-ring (bicyclic) bond motifs is 1. The van der Waals surface area contributed by atoms with Gasteiger partial charge in [0.15, 0.2) is 0 Å². The van der Waals surface area contributed by atoms with Gasteiger partial charge in [0.1, 0.15) is 23.6 Å². The Hall–Kier alpha value is -3.18. The van der Waals surface area contributed by atoms with Gasteiger partial charge in [0.25, 0.3) is 0 Å². The topological polar surface area (TPSA) is 49.3 Å². The van der Waals surface area contributed by atoms with E-state index in [0.29, 0.717) is 33.5 Å². The Kier molecular flexibility index (Phi) is 8.61. The number of halogens is 2. The van der Waals surface area contributed by atoms with Crippen molar-refractivity contribution in [1.82, 2.24) is 10.3 Å². The van der Waals surface area contributed by atoms with Crippen molar-refractivity contribution in [1.29, 1.82) is 0 Å². The van der Waals surface area contributed by atoms with E-state index in [1.807, 2.05) is 42.5 Å². The molecule has 1 atom stereocenters. The zero-order valence-electron chi connectivity index (χ0n) is 19.3. The van der Waals surface area contributed by atoms with Crippen molar-refractivity contribution in [3.8, 4) is 0 Å². The molecule has 0 spiro atoms. The first kappa shape index (κ1) is 24.5. The molecule has 4 rings (SSSR count). The van der Waals surface area contributed by atoms with E-state index >= 15 is 0 Å². The smallest absolute Gasteiger partial charge is 0.149 e. The van der Waals surface area contributed by atoms with Crippen LogP contribution < -0.4 is 10.6 Å². The van der Waals surface area contributed by atoms with E-state index in [1.54, 1.807) is 19.2 Å². The Morgan fingerprint density at radius 2 is 1.85 bits per heavy atom. The normalized spacial score (nSPS) is 14.2. The van der Waals surface area contributed by atoms with E-state index in [1.165, 1.54) is 25.3 Å². The van der Waals surface area contributed by atoms with Gasteiger partial charge in [0, 0.05) is 28.0 Å². The third-order valence-corrected chi connectivity index (χ3v) is 5.71. The molecule has 0 saturated carbocycles. The average molecular weight is 465 g/mol. The standard InChI is InChI=1S/C22H18ClFN4.C5H12/c1-13-15(8-5-11-19(13)24)14(2)26-22-17-9-6-12-25-20(17)27-21(28-22)16-7-3-4-10-18(16)23;1-3-5-4-2/h3-12,21H,2H2,1H3,(H,25,27)(H,26,28);3-5H2,1-2H3. The molecule has 0 radical (unpaired) electrons. The monoisotopic (exact) mass is 464 g/mol. The van der Waals surface area contributed by atoms with Gasteiger partial charge in [-0.25, -0.2) is 14.4 Å². The highest BCUT2D eigenvalue weighted by Crippen LogP contribution is 2.32. The van der Waals surface area contributed by atoms with E-state index in [2.05, 4.69) is 36.0 Å². The van der Waals surface area contributed by atoms with Gasteiger partial charge < -0.3 is 10.6 Å². The Morgan fingerprint density at radius 1 is 1.09 bits per heavy atom. The predicted molar refractivity (Wildman–Crippen MR) is 137 cm³/mol. The number of benzene rings is 2. The van der Waals surface area contributed by atoms with Crippen molar-refractivity contribution >= 4 is 29.0 Å². The number of unbranched alkanes of at least 4 members (excludes halogenated alkanes) is 2. The van der Waals surface area contributed by atoms with Crippen LogP contribution in [-0.4, -0.2) is 10.8 Å². The van der Waals surface area contributed by atoms with Gasteiger partial charge in [-0.1, -0.05) is 81.6 Å². The summed E-state index contributed by atoms with van der Waals surface area (Å²) >= 11 is 6.36. The second-order valence-corrected chi connectivity index (χ2v) is 8.22. The number of anilines is 1. The fourth-order valence-corrected chi connectivity index (χ4v) is 3.75. The highest BCUT2D eigenvalue weighted by Gasteiger charge is 2.24. The molecule has 0 fully saturated rings. The van der Waals surface area contributed by atoms with Crippen molar-refractivity contribution in [3.05, 3.63) is 100 Å². The van der Waals surface area contributed by atoms with Gasteiger partial charge in [0.05, 0.1) is 5.56 Å². The third kappa shape index (κ3) is 5.99. The summed E-state index contributed by atoms with van der Waals surface area (Å²) in [5, 5.41) is 7.16. The van der Waals surface area contributed by atoms with E-state index in [9.17, 15) is 4.39 Å². The Labute approximate surface area is 200 Å². The SMILES string of the molecule is C=C(NC1=NC(c2ccccc2Cl)Nc2ncccc21)c1cccc(F)c1C.CCCCC. The quantitative estimate of drug-likeness (QED) is 0.410. The summed E-state index contributed by atoms with van der Waals surface area (Å²) in [6.07, 6.45) is 5.39. The second-order valence-electron chi connectivity index (χ2n) is 7.82. The molecule has 1 aliphatic heterocycles. The molecule has 1 aromatic heterocycles. The van der Waals surface area contributed by atoms with Crippen LogP contribution in [0, 0.1) is 12.7 Å². The van der Waals surface area contributed by atoms with E-state index in [0.717, 1.165) is 11.1 Å². The molecule has 1 aliphatic rings. The fourth-order valence-electron chi connectivity index (χ4n) is 3.51. The number of amidine groups is 1. The number of hydrogen-bond acceptors (Lipinski definition) is 4. The van der Waals surface area contributed by atoms with Gasteiger partial charge >= 0.3 is 0 Å². The number of pyridine rings is 1. The minimum absolute atomic E-state index is 0.274. The Morgan fingerprint density at radius 3 is 2.55 bits per heavy atom. The van der Waals surface area contributed by atoms with Gasteiger partial charge in [-0.15, -0.1) is 0 Å². The van der Waals surface area contributed by atoms with E-state index in [-0.39, 0.29) is 5.82 Å². The lowest BCUT2D eigenvalue weighted by Gasteiger charge is -2.26. The summed E-state index contributed by atoms with van der Waals surface area (Å²) in [4.78, 5) is 9.21. The third-order valence-electron chi connectivity index (χ3n) is 5.36. The summed E-state index contributed by atoms with van der Waals surface area (Å²) in [5.41, 5.74) is 3.43. The Bertz CT molecular complexity index is 1140. The molecular formula is C27H30ClFN4. The van der Waals surface area contributed by atoms with Crippen LogP contribution >= 0.6 is 11.6 Å². The summed E-state index contributed by atoms with van der Waals surface area (Å²) < 4.78 is 14.0. The largest absolute Gasteiger partial charge is 0.344 e. The maximum absolute atomic E-state index is 14.0. The van der Waals surface area contributed by atoms with Crippen LogP contribution in [0.2, 0.25) is 5.02 Å². The summed E-state index contributed by atoms with van der Waals surface area (Å²) in [5.74, 6) is 1.01. The van der Waals surface area contributed by atoms with Gasteiger partial charge in [-0.05, 0) is 36.8 Å². The van der Waals surface area contributed by atoms with Gasteiger partial charge in [-0.2, -0.15) is 0 Å². The first-order valence-corrected chi connectivity index (χ1v) is 11.6. The molecular weight excluding hydrogens is 435 g/mol. The molecule has 33 heavy (non-hydrogen) atoms. The Balaban J connectivity index is 0.000000555. The number of aromatic nitrogens is 1. The number of hydrogen-bond donors (Lipinski definition) is 2. The van der Waals surface area contributed by atoms with E-state index < -0.39 is 6.17 Å². The molecule has 4 nitrogen and oxygen atoms in total. The molecule has 0 aliphatic carbocycles. The summed E-state index contributed by atoms with van der Waals surface area (Å²) in [6, 6.07) is 16.2. The molecule has 0 bridgehead atoms. The van der Waals surface area contributed by atoms with Crippen LogP contribution in [0.5, 0.6) is 0 Å². The van der Waals surface area contributed by atoms with Crippen molar-refractivity contribution < 1.29 is 4.39 Å². The maximum Gasteiger partial charge on any atom is 0.149 e. The molecule has 2 heterocycles. The zero-order valence-corrected chi connectivity index (χ0v) is 20.1. The summed E-state index contributed by atoms with van der Waals surface area (Å²) in [6.45, 7) is 10.2. The molecule has 2 aromatic carbocycles. The van der Waals surface area contributed by atoms with Crippen molar-refractivity contribution in [2.75, 3.05) is 5.32 Å². The molecule has 172 valence electrons. The van der Waals surface area contributed by atoms with Crippen molar-refractivity contribution in [2.45, 2.75) is 46.2 Å². The molecule has 3 aromatic rings. The second kappa shape index (κ2) is 11.6. The van der Waals surface area contributed by atoms with Crippen molar-refractivity contribution in [3.63, 3.8) is 0 Å². The first-order chi connectivity index (χ1) is 16.0. The lowest BCUT2D eigenvalue weighted by Crippen LogP contribution is -2.30. The maximum atomic E-state index is 14.0. The predicted octanol–water partition coefficient (Wildman–Crippen LogP) is 7.51.